The third-order valence-electron chi connectivity index (χ3n) is 7.06. The molecule has 1 amide bonds. The molecule has 3 aliphatic rings. The molecule has 2 aliphatic heterocycles. The summed E-state index contributed by atoms with van der Waals surface area (Å²) in [6, 6.07) is 0. The zero-order chi connectivity index (χ0) is 26.6. The lowest BCUT2D eigenvalue weighted by molar-refractivity contribution is -0.130. The van der Waals surface area contributed by atoms with Crippen LogP contribution in [0.25, 0.3) is 0 Å². The van der Waals surface area contributed by atoms with Crippen LogP contribution in [0.4, 0.5) is 4.39 Å². The Balaban J connectivity index is 1.96. The van der Waals surface area contributed by atoms with E-state index in [1.54, 1.807) is 25.8 Å². The fourth-order valence-corrected chi connectivity index (χ4v) is 5.07. The van der Waals surface area contributed by atoms with Crippen molar-refractivity contribution in [3.63, 3.8) is 0 Å². The number of hydrogen-bond donors (Lipinski definition) is 1. The van der Waals surface area contributed by atoms with Gasteiger partial charge in [0.25, 0.3) is 6.47 Å². The van der Waals surface area contributed by atoms with Gasteiger partial charge in [-0.2, -0.15) is 0 Å². The third-order valence-corrected chi connectivity index (χ3v) is 7.06. The monoisotopic (exact) mass is 496 g/mol. The predicted molar refractivity (Wildman–Crippen MR) is 140 cm³/mol. The Bertz CT molecular complexity index is 1160. The molecule has 0 bridgehead atoms. The Labute approximate surface area is 213 Å². The van der Waals surface area contributed by atoms with Crippen molar-refractivity contribution in [2.75, 3.05) is 20.2 Å². The van der Waals surface area contributed by atoms with E-state index in [4.69, 9.17) is 4.74 Å². The maximum atomic E-state index is 14.5. The second-order valence-electron chi connectivity index (χ2n) is 10.1. The van der Waals surface area contributed by atoms with Crippen LogP contribution in [0.3, 0.4) is 0 Å². The molecule has 0 unspecified atom stereocenters. The fourth-order valence-electron chi connectivity index (χ4n) is 5.07. The summed E-state index contributed by atoms with van der Waals surface area (Å²) in [7, 11) is 1.68. The summed E-state index contributed by atoms with van der Waals surface area (Å²) >= 11 is 0. The Morgan fingerprint density at radius 1 is 1.22 bits per heavy atom. The van der Waals surface area contributed by atoms with Gasteiger partial charge in [-0.05, 0) is 86.1 Å². The molecule has 0 radical (unpaired) electrons. The molecule has 0 atom stereocenters. The minimum Gasteiger partial charge on any atom is -0.463 e. The van der Waals surface area contributed by atoms with Crippen LogP contribution in [0.15, 0.2) is 73.8 Å². The molecule has 0 aromatic rings. The van der Waals surface area contributed by atoms with Gasteiger partial charge in [0, 0.05) is 25.7 Å². The first-order valence-corrected chi connectivity index (χ1v) is 12.4. The van der Waals surface area contributed by atoms with Crippen LogP contribution in [0.1, 0.15) is 66.7 Å². The van der Waals surface area contributed by atoms with E-state index in [1.807, 2.05) is 13.0 Å². The number of fused-ring (bicyclic) bond motifs is 1. The first-order chi connectivity index (χ1) is 17.0. The standard InChI is InChI=1S/C29H37FN2O4/c1-7-8-23-19(3)26(30)14-27(31-6)24(23)10-9-20-15-32-22(11-18(20)2)13-25(29(4,5)35)21(12-28(32)34)16-36-17-33/h10,13-14,17,35H,7-9,11-12,15-16H2,1-6H3/b24-10-,31-27-. The molecule has 0 saturated carbocycles. The van der Waals surface area contributed by atoms with Gasteiger partial charge in [0.05, 0.1) is 17.7 Å². The largest absolute Gasteiger partial charge is 0.463 e. The minimum atomic E-state index is -1.19. The average Bonchev–Trinajstić information content (AvgIpc) is 2.95. The van der Waals surface area contributed by atoms with E-state index in [1.165, 1.54) is 6.08 Å². The van der Waals surface area contributed by atoms with Crippen LogP contribution in [-0.2, 0) is 14.3 Å². The van der Waals surface area contributed by atoms with Crippen LogP contribution in [-0.4, -0.2) is 53.9 Å². The number of halogens is 1. The highest BCUT2D eigenvalue weighted by Gasteiger charge is 2.33. The Kier molecular flexibility index (Phi) is 8.67. The van der Waals surface area contributed by atoms with Crippen molar-refractivity contribution in [3.05, 3.63) is 68.8 Å². The lowest BCUT2D eigenvalue weighted by atomic mass is 9.86. The first kappa shape index (κ1) is 27.5. The van der Waals surface area contributed by atoms with E-state index in [2.05, 4.69) is 24.9 Å². The highest BCUT2D eigenvalue weighted by molar-refractivity contribution is 6.13. The number of ether oxygens (including phenoxy) is 1. The predicted octanol–water partition coefficient (Wildman–Crippen LogP) is 5.43. The maximum absolute atomic E-state index is 14.5. The minimum absolute atomic E-state index is 0.0351. The summed E-state index contributed by atoms with van der Waals surface area (Å²) < 4.78 is 19.5. The summed E-state index contributed by atoms with van der Waals surface area (Å²) in [6.45, 7) is 10.0. The molecule has 0 aromatic carbocycles. The lowest BCUT2D eigenvalue weighted by Crippen LogP contribution is -2.35. The highest BCUT2D eigenvalue weighted by atomic mass is 19.1. The van der Waals surface area contributed by atoms with Crippen molar-refractivity contribution in [1.82, 2.24) is 4.90 Å². The van der Waals surface area contributed by atoms with E-state index in [0.29, 0.717) is 48.3 Å². The summed E-state index contributed by atoms with van der Waals surface area (Å²) in [5.74, 6) is -0.331. The molecule has 6 nitrogen and oxygen atoms in total. The number of hydrogen-bond acceptors (Lipinski definition) is 5. The summed E-state index contributed by atoms with van der Waals surface area (Å²) in [4.78, 5) is 30.2. The SMILES string of the molecule is CCCC1=C(C)C(F)=CC(=N/C)/C1=C\CC1=C(C)CC2=CC(C(C)(C)O)=C(COC=O)CC(=O)N2C1. The number of carbonyl (C=O) groups is 2. The third kappa shape index (κ3) is 5.84. The van der Waals surface area contributed by atoms with Gasteiger partial charge in [-0.3, -0.25) is 14.6 Å². The van der Waals surface area contributed by atoms with Crippen molar-refractivity contribution in [1.29, 1.82) is 0 Å². The van der Waals surface area contributed by atoms with Crippen LogP contribution in [0.2, 0.25) is 0 Å². The van der Waals surface area contributed by atoms with E-state index in [-0.39, 0.29) is 24.8 Å². The number of amides is 1. The maximum Gasteiger partial charge on any atom is 0.293 e. The summed E-state index contributed by atoms with van der Waals surface area (Å²) in [6.07, 6.45) is 8.41. The molecular weight excluding hydrogens is 459 g/mol. The van der Waals surface area contributed by atoms with Crippen molar-refractivity contribution in [2.45, 2.75) is 72.3 Å². The molecule has 0 aromatic heterocycles. The smallest absolute Gasteiger partial charge is 0.293 e. The Morgan fingerprint density at radius 2 is 1.94 bits per heavy atom. The number of carbonyl (C=O) groups excluding carboxylic acids is 2. The molecule has 3 rings (SSSR count). The molecule has 0 saturated heterocycles. The van der Waals surface area contributed by atoms with Crippen LogP contribution < -0.4 is 0 Å². The second kappa shape index (κ2) is 11.3. The molecule has 1 N–H and O–H groups in total. The van der Waals surface area contributed by atoms with Gasteiger partial charge >= 0.3 is 0 Å². The quantitative estimate of drug-likeness (QED) is 0.359. The van der Waals surface area contributed by atoms with Crippen LogP contribution in [0, 0.1) is 0 Å². The second-order valence-corrected chi connectivity index (χ2v) is 10.1. The molecule has 1 aliphatic carbocycles. The zero-order valence-corrected chi connectivity index (χ0v) is 22.2. The molecule has 0 spiro atoms. The number of rotatable bonds is 8. The van der Waals surface area contributed by atoms with E-state index < -0.39 is 5.60 Å². The Hall–Kier alpha value is -3.06. The van der Waals surface area contributed by atoms with Crippen LogP contribution in [0.5, 0.6) is 0 Å². The van der Waals surface area contributed by atoms with Gasteiger partial charge in [-0.25, -0.2) is 4.39 Å². The van der Waals surface area contributed by atoms with E-state index in [0.717, 1.165) is 40.8 Å². The van der Waals surface area contributed by atoms with Gasteiger partial charge < -0.3 is 14.7 Å². The van der Waals surface area contributed by atoms with Gasteiger partial charge in [0.15, 0.2) is 0 Å². The highest BCUT2D eigenvalue weighted by Crippen LogP contribution is 2.37. The van der Waals surface area contributed by atoms with Crippen molar-refractivity contribution in [2.24, 2.45) is 4.99 Å². The van der Waals surface area contributed by atoms with Gasteiger partial charge in [0.1, 0.15) is 12.4 Å². The molecule has 2 heterocycles. The topological polar surface area (TPSA) is 79.2 Å². The van der Waals surface area contributed by atoms with E-state index in [9.17, 15) is 19.1 Å². The number of allylic oxidation sites excluding steroid dienone is 7. The summed E-state index contributed by atoms with van der Waals surface area (Å²) in [5.41, 5.74) is 6.39. The molecule has 7 heteroatoms. The van der Waals surface area contributed by atoms with Crippen LogP contribution >= 0.6 is 0 Å². The zero-order valence-electron chi connectivity index (χ0n) is 22.2. The van der Waals surface area contributed by atoms with E-state index >= 15 is 0 Å². The van der Waals surface area contributed by atoms with Crippen molar-refractivity contribution >= 4 is 18.1 Å². The van der Waals surface area contributed by atoms with Gasteiger partial charge in [-0.1, -0.05) is 25.0 Å². The molecule has 194 valence electrons. The molecular formula is C29H37FN2O4. The molecule has 36 heavy (non-hydrogen) atoms. The lowest BCUT2D eigenvalue weighted by Gasteiger charge is -2.32. The fraction of sp³-hybridized carbons (Fsp3) is 0.483. The first-order valence-electron chi connectivity index (χ1n) is 12.4. The normalized spacial score (nSPS) is 21.7. The Morgan fingerprint density at radius 3 is 2.56 bits per heavy atom. The van der Waals surface area contributed by atoms with Gasteiger partial charge in [0.2, 0.25) is 5.91 Å². The van der Waals surface area contributed by atoms with Gasteiger partial charge in [-0.15, -0.1) is 0 Å². The molecule has 0 fully saturated rings. The number of aliphatic hydroxyl groups is 1. The number of nitrogens with zero attached hydrogens (tertiary/aromatic N) is 2. The number of aliphatic imine (C=N–C) groups is 1. The summed E-state index contributed by atoms with van der Waals surface area (Å²) in [5, 5.41) is 10.8. The van der Waals surface area contributed by atoms with Crippen molar-refractivity contribution in [3.8, 4) is 0 Å². The van der Waals surface area contributed by atoms with Crippen molar-refractivity contribution < 1.29 is 23.8 Å². The average molecular weight is 497 g/mol.